The van der Waals surface area contributed by atoms with Gasteiger partial charge in [-0.25, -0.2) is 4.79 Å². The van der Waals surface area contributed by atoms with Crippen molar-refractivity contribution in [1.82, 2.24) is 4.90 Å². The lowest BCUT2D eigenvalue weighted by Crippen LogP contribution is -2.64. The molecule has 1 saturated heterocycles. The number of nitrogens with zero attached hydrogens (tertiary/aromatic N) is 1. The first-order valence-corrected chi connectivity index (χ1v) is 6.42. The molecule has 0 aromatic heterocycles. The van der Waals surface area contributed by atoms with E-state index in [2.05, 4.69) is 6.58 Å². The zero-order valence-corrected chi connectivity index (χ0v) is 11.2. The Balaban J connectivity index is 1.73. The SMILES string of the molecule is C=CCC1CC2(C1)CN(C(=O)OC(C)(C)C)C2. The van der Waals surface area contributed by atoms with Crippen LogP contribution in [0.25, 0.3) is 0 Å². The summed E-state index contributed by atoms with van der Waals surface area (Å²) < 4.78 is 5.35. The minimum Gasteiger partial charge on any atom is -0.444 e. The highest BCUT2D eigenvalue weighted by molar-refractivity contribution is 5.69. The fourth-order valence-electron chi connectivity index (χ4n) is 3.04. The van der Waals surface area contributed by atoms with Crippen molar-refractivity contribution in [1.29, 1.82) is 0 Å². The lowest BCUT2D eigenvalue weighted by Gasteiger charge is -2.58. The fourth-order valence-corrected chi connectivity index (χ4v) is 3.04. The van der Waals surface area contributed by atoms with Crippen LogP contribution in [0.5, 0.6) is 0 Å². The average Bonchev–Trinajstić information content (AvgIpc) is 2.03. The van der Waals surface area contributed by atoms with Crippen LogP contribution in [0.3, 0.4) is 0 Å². The highest BCUT2D eigenvalue weighted by Gasteiger charge is 2.53. The Morgan fingerprint density at radius 3 is 2.53 bits per heavy atom. The van der Waals surface area contributed by atoms with Gasteiger partial charge in [0, 0.05) is 18.5 Å². The quantitative estimate of drug-likeness (QED) is 0.690. The van der Waals surface area contributed by atoms with Gasteiger partial charge in [-0.2, -0.15) is 0 Å². The van der Waals surface area contributed by atoms with Gasteiger partial charge >= 0.3 is 6.09 Å². The smallest absolute Gasteiger partial charge is 0.410 e. The molecular weight excluding hydrogens is 214 g/mol. The van der Waals surface area contributed by atoms with Gasteiger partial charge in [-0.15, -0.1) is 6.58 Å². The molecule has 1 aliphatic carbocycles. The molecule has 1 heterocycles. The molecule has 1 aliphatic heterocycles. The maximum absolute atomic E-state index is 11.8. The summed E-state index contributed by atoms with van der Waals surface area (Å²) in [6, 6.07) is 0. The van der Waals surface area contributed by atoms with Crippen molar-refractivity contribution in [2.45, 2.75) is 45.6 Å². The van der Waals surface area contributed by atoms with Gasteiger partial charge in [-0.1, -0.05) is 6.08 Å². The van der Waals surface area contributed by atoms with E-state index < -0.39 is 0 Å². The summed E-state index contributed by atoms with van der Waals surface area (Å²) in [5.41, 5.74) is 0.0371. The Morgan fingerprint density at radius 2 is 2.06 bits per heavy atom. The number of hydrogen-bond donors (Lipinski definition) is 0. The minimum absolute atomic E-state index is 0.157. The molecule has 1 spiro atoms. The Hall–Kier alpha value is -0.990. The Bertz CT molecular complexity index is 316. The van der Waals surface area contributed by atoms with Crippen LogP contribution >= 0.6 is 0 Å². The van der Waals surface area contributed by atoms with Crippen molar-refractivity contribution in [3.8, 4) is 0 Å². The first kappa shape index (κ1) is 12.5. The molecular formula is C14H23NO2. The zero-order valence-electron chi connectivity index (χ0n) is 11.2. The van der Waals surface area contributed by atoms with Crippen molar-refractivity contribution in [3.63, 3.8) is 0 Å². The molecule has 0 N–H and O–H groups in total. The summed E-state index contributed by atoms with van der Waals surface area (Å²) >= 11 is 0. The van der Waals surface area contributed by atoms with E-state index in [1.54, 1.807) is 0 Å². The van der Waals surface area contributed by atoms with E-state index in [1.165, 1.54) is 12.8 Å². The number of allylic oxidation sites excluding steroid dienone is 1. The summed E-state index contributed by atoms with van der Waals surface area (Å²) in [4.78, 5) is 13.6. The topological polar surface area (TPSA) is 29.5 Å². The molecule has 2 rings (SSSR count). The number of ether oxygens (including phenoxy) is 1. The van der Waals surface area contributed by atoms with E-state index >= 15 is 0 Å². The third-order valence-corrected chi connectivity index (χ3v) is 3.65. The molecule has 0 radical (unpaired) electrons. The third kappa shape index (κ3) is 2.64. The van der Waals surface area contributed by atoms with E-state index in [4.69, 9.17) is 4.74 Å². The van der Waals surface area contributed by atoms with Crippen LogP contribution in [0.1, 0.15) is 40.0 Å². The van der Waals surface area contributed by atoms with Crippen molar-refractivity contribution in [2.75, 3.05) is 13.1 Å². The number of amides is 1. The van der Waals surface area contributed by atoms with Crippen LogP contribution in [0, 0.1) is 11.3 Å². The standard InChI is InChI=1S/C14H23NO2/c1-5-6-11-7-14(8-11)9-15(10-14)12(16)17-13(2,3)4/h5,11H,1,6-10H2,2-4H3. The number of likely N-dealkylation sites (tertiary alicyclic amines) is 1. The highest BCUT2D eigenvalue weighted by Crippen LogP contribution is 2.53. The second-order valence-electron chi connectivity index (χ2n) is 6.64. The molecule has 3 heteroatoms. The number of carbonyl (C=O) groups excluding carboxylic acids is 1. The molecule has 0 aromatic rings. The maximum Gasteiger partial charge on any atom is 0.410 e. The normalized spacial score (nSPS) is 22.9. The summed E-state index contributed by atoms with van der Waals surface area (Å²) in [5, 5.41) is 0. The van der Waals surface area contributed by atoms with Crippen molar-refractivity contribution in [2.24, 2.45) is 11.3 Å². The Kier molecular flexibility index (Phi) is 2.96. The van der Waals surface area contributed by atoms with Gasteiger partial charge in [-0.3, -0.25) is 0 Å². The summed E-state index contributed by atoms with van der Waals surface area (Å²) in [6.45, 7) is 11.3. The molecule has 2 aliphatic rings. The monoisotopic (exact) mass is 237 g/mol. The molecule has 0 unspecified atom stereocenters. The van der Waals surface area contributed by atoms with Gasteiger partial charge in [0.15, 0.2) is 0 Å². The van der Waals surface area contributed by atoms with Crippen LogP contribution < -0.4 is 0 Å². The van der Waals surface area contributed by atoms with Gasteiger partial charge in [0.05, 0.1) is 0 Å². The van der Waals surface area contributed by atoms with Gasteiger partial charge < -0.3 is 9.64 Å². The van der Waals surface area contributed by atoms with Crippen LogP contribution in [0.4, 0.5) is 4.79 Å². The Labute approximate surface area is 104 Å². The molecule has 0 aromatic carbocycles. The zero-order chi connectivity index (χ0) is 12.7. The van der Waals surface area contributed by atoms with Crippen molar-refractivity contribution in [3.05, 3.63) is 12.7 Å². The highest BCUT2D eigenvalue weighted by atomic mass is 16.6. The number of carbonyl (C=O) groups is 1. The van der Waals surface area contributed by atoms with E-state index in [9.17, 15) is 4.79 Å². The van der Waals surface area contributed by atoms with E-state index in [1.807, 2.05) is 31.7 Å². The predicted molar refractivity (Wildman–Crippen MR) is 67.8 cm³/mol. The average molecular weight is 237 g/mol. The van der Waals surface area contributed by atoms with Gasteiger partial charge in [0.25, 0.3) is 0 Å². The van der Waals surface area contributed by atoms with E-state index in [0.717, 1.165) is 25.4 Å². The van der Waals surface area contributed by atoms with Crippen molar-refractivity contribution < 1.29 is 9.53 Å². The molecule has 0 bridgehead atoms. The lowest BCUT2D eigenvalue weighted by atomic mass is 9.57. The molecule has 1 saturated carbocycles. The first-order chi connectivity index (χ1) is 7.84. The predicted octanol–water partition coefficient (Wildman–Crippen LogP) is 3.21. The van der Waals surface area contributed by atoms with Crippen molar-refractivity contribution >= 4 is 6.09 Å². The lowest BCUT2D eigenvalue weighted by molar-refractivity contribution is -0.0942. The van der Waals surface area contributed by atoms with Crippen LogP contribution in [-0.4, -0.2) is 29.7 Å². The second kappa shape index (κ2) is 4.04. The van der Waals surface area contributed by atoms with Gasteiger partial charge in [0.2, 0.25) is 0 Å². The van der Waals surface area contributed by atoms with Gasteiger partial charge in [0.1, 0.15) is 5.60 Å². The maximum atomic E-state index is 11.8. The molecule has 3 nitrogen and oxygen atoms in total. The van der Waals surface area contributed by atoms with Gasteiger partial charge in [-0.05, 0) is 46.0 Å². The molecule has 0 atom stereocenters. The second-order valence-corrected chi connectivity index (χ2v) is 6.64. The molecule has 17 heavy (non-hydrogen) atoms. The minimum atomic E-state index is -0.384. The van der Waals surface area contributed by atoms with Crippen LogP contribution in [0.2, 0.25) is 0 Å². The fraction of sp³-hybridized carbons (Fsp3) is 0.786. The largest absolute Gasteiger partial charge is 0.444 e. The summed E-state index contributed by atoms with van der Waals surface area (Å²) in [5.74, 6) is 0.799. The molecule has 2 fully saturated rings. The summed E-state index contributed by atoms with van der Waals surface area (Å²) in [7, 11) is 0. The summed E-state index contributed by atoms with van der Waals surface area (Å²) in [6.07, 6.45) is 5.46. The van der Waals surface area contributed by atoms with E-state index in [0.29, 0.717) is 5.41 Å². The van der Waals surface area contributed by atoms with E-state index in [-0.39, 0.29) is 11.7 Å². The molecule has 1 amide bonds. The van der Waals surface area contributed by atoms with Crippen LogP contribution in [0.15, 0.2) is 12.7 Å². The number of rotatable bonds is 2. The number of hydrogen-bond acceptors (Lipinski definition) is 2. The Morgan fingerprint density at radius 1 is 1.47 bits per heavy atom. The molecule has 96 valence electrons. The van der Waals surface area contributed by atoms with Crippen LogP contribution in [-0.2, 0) is 4.74 Å². The third-order valence-electron chi connectivity index (χ3n) is 3.65. The first-order valence-electron chi connectivity index (χ1n) is 6.42.